The van der Waals surface area contributed by atoms with Crippen LogP contribution in [-0.4, -0.2) is 36.0 Å². The van der Waals surface area contributed by atoms with Crippen LogP contribution in [0.5, 0.6) is 5.75 Å². The summed E-state index contributed by atoms with van der Waals surface area (Å²) in [6.07, 6.45) is 1.54. The topological polar surface area (TPSA) is 121 Å². The van der Waals surface area contributed by atoms with Crippen molar-refractivity contribution in [2.24, 2.45) is 7.05 Å². The SMILES string of the molecule is Cc1cc(OCCCc2c(C)n(CCC(=O)NS(=O)c3ccccc3[N+](=O)[O-])c3c(-c4c(C)nn(C)c4C)cccc23)cc(C)c1Cl. The number of carbonyl (C=O) groups excluding carboxylic acids is 1. The largest absolute Gasteiger partial charge is 0.494 e. The van der Waals surface area contributed by atoms with Crippen LogP contribution >= 0.6 is 11.6 Å². The van der Waals surface area contributed by atoms with Crippen molar-refractivity contribution < 1.29 is 18.7 Å². The molecular weight excluding hydrogens is 638 g/mol. The van der Waals surface area contributed by atoms with Gasteiger partial charge in [-0.15, -0.1) is 0 Å². The molecule has 10 nitrogen and oxygen atoms in total. The van der Waals surface area contributed by atoms with Crippen molar-refractivity contribution in [3.05, 3.63) is 104 Å². The maximum atomic E-state index is 13.1. The summed E-state index contributed by atoms with van der Waals surface area (Å²) in [6, 6.07) is 15.8. The molecule has 2 aromatic heterocycles. The molecule has 1 N–H and O–H groups in total. The number of carbonyl (C=O) groups is 1. The van der Waals surface area contributed by atoms with Gasteiger partial charge in [-0.2, -0.15) is 5.10 Å². The van der Waals surface area contributed by atoms with Gasteiger partial charge in [0.15, 0.2) is 11.0 Å². The first kappa shape index (κ1) is 33.9. The van der Waals surface area contributed by atoms with Gasteiger partial charge in [0.25, 0.3) is 5.69 Å². The minimum absolute atomic E-state index is 0.0220. The van der Waals surface area contributed by atoms with Crippen molar-refractivity contribution in [2.75, 3.05) is 6.61 Å². The van der Waals surface area contributed by atoms with Gasteiger partial charge in [0.1, 0.15) is 10.6 Å². The quantitative estimate of drug-likeness (QED) is 0.0836. The molecule has 1 unspecified atom stereocenters. The molecule has 0 saturated carbocycles. The lowest BCUT2D eigenvalue weighted by molar-refractivity contribution is -0.387. The zero-order valence-electron chi connectivity index (χ0n) is 27.3. The van der Waals surface area contributed by atoms with Gasteiger partial charge < -0.3 is 9.30 Å². The van der Waals surface area contributed by atoms with Gasteiger partial charge in [-0.25, -0.2) is 4.21 Å². The molecule has 0 radical (unpaired) electrons. The minimum atomic E-state index is -2.08. The third kappa shape index (κ3) is 6.96. The van der Waals surface area contributed by atoms with E-state index >= 15 is 0 Å². The molecule has 1 amide bonds. The molecule has 0 saturated heterocycles. The highest BCUT2D eigenvalue weighted by molar-refractivity contribution is 7.83. The Balaban J connectivity index is 1.43. The number of benzene rings is 3. The van der Waals surface area contributed by atoms with Crippen LogP contribution in [0.4, 0.5) is 5.69 Å². The molecule has 0 aliphatic carbocycles. The molecule has 1 atom stereocenters. The van der Waals surface area contributed by atoms with Crippen LogP contribution < -0.4 is 9.46 Å². The Kier molecular flexibility index (Phi) is 10.2. The lowest BCUT2D eigenvalue weighted by Gasteiger charge is -2.13. The zero-order chi connectivity index (χ0) is 34.0. The number of ether oxygens (including phenoxy) is 1. The third-order valence-corrected chi connectivity index (χ3v) is 10.3. The molecule has 246 valence electrons. The Bertz CT molecular complexity index is 2010. The average Bonchev–Trinajstić information content (AvgIpc) is 3.45. The van der Waals surface area contributed by atoms with Crippen molar-refractivity contribution in [1.82, 2.24) is 19.1 Å². The van der Waals surface area contributed by atoms with Crippen molar-refractivity contribution >= 4 is 45.1 Å². The molecule has 2 heterocycles. The molecule has 47 heavy (non-hydrogen) atoms. The van der Waals surface area contributed by atoms with Crippen LogP contribution in [0.15, 0.2) is 59.5 Å². The van der Waals surface area contributed by atoms with Crippen LogP contribution in [0.3, 0.4) is 0 Å². The Morgan fingerprint density at radius 3 is 2.40 bits per heavy atom. The van der Waals surface area contributed by atoms with Crippen LogP contribution in [0.25, 0.3) is 22.0 Å². The van der Waals surface area contributed by atoms with Gasteiger partial charge in [0.05, 0.1) is 22.7 Å². The second-order valence-corrected chi connectivity index (χ2v) is 13.2. The fraction of sp³-hybridized carbons (Fsp3) is 0.314. The summed E-state index contributed by atoms with van der Waals surface area (Å²) in [5.74, 6) is 0.315. The van der Waals surface area contributed by atoms with Crippen LogP contribution in [0.1, 0.15) is 46.6 Å². The van der Waals surface area contributed by atoms with Gasteiger partial charge in [-0.05, 0) is 82.3 Å². The Morgan fingerprint density at radius 2 is 1.74 bits per heavy atom. The summed E-state index contributed by atoms with van der Waals surface area (Å²) >= 11 is 6.33. The van der Waals surface area contributed by atoms with Crippen LogP contribution in [0, 0.1) is 44.7 Å². The lowest BCUT2D eigenvalue weighted by Crippen LogP contribution is -2.27. The van der Waals surface area contributed by atoms with E-state index in [4.69, 9.17) is 16.3 Å². The van der Waals surface area contributed by atoms with Crippen molar-refractivity contribution in [3.63, 3.8) is 0 Å². The number of nitro groups is 1. The fourth-order valence-electron chi connectivity index (χ4n) is 6.18. The number of rotatable bonds is 12. The second kappa shape index (κ2) is 14.1. The first-order chi connectivity index (χ1) is 22.4. The number of hydrogen-bond acceptors (Lipinski definition) is 6. The van der Waals surface area contributed by atoms with E-state index in [-0.39, 0.29) is 17.0 Å². The van der Waals surface area contributed by atoms with Crippen molar-refractivity contribution in [3.8, 4) is 16.9 Å². The maximum absolute atomic E-state index is 13.1. The summed E-state index contributed by atoms with van der Waals surface area (Å²) in [5, 5.41) is 17.9. The third-order valence-electron chi connectivity index (χ3n) is 8.53. The number of nitro benzene ring substituents is 1. The summed E-state index contributed by atoms with van der Waals surface area (Å²) in [5.41, 5.74) is 8.83. The Morgan fingerprint density at radius 1 is 1.04 bits per heavy atom. The number of hydrogen-bond donors (Lipinski definition) is 1. The maximum Gasteiger partial charge on any atom is 0.287 e. The van der Waals surface area contributed by atoms with E-state index in [1.165, 1.54) is 18.2 Å². The predicted molar refractivity (Wildman–Crippen MR) is 185 cm³/mol. The lowest BCUT2D eigenvalue weighted by atomic mass is 9.98. The number of aryl methyl sites for hydroxylation is 6. The number of nitrogens with one attached hydrogen (secondary N) is 1. The minimum Gasteiger partial charge on any atom is -0.494 e. The summed E-state index contributed by atoms with van der Waals surface area (Å²) in [4.78, 5) is 23.9. The highest BCUT2D eigenvalue weighted by Crippen LogP contribution is 2.38. The number of fused-ring (bicyclic) bond motifs is 1. The molecule has 12 heteroatoms. The fourth-order valence-corrected chi connectivity index (χ4v) is 7.24. The number of amides is 1. The molecule has 3 aromatic carbocycles. The van der Waals surface area contributed by atoms with E-state index < -0.39 is 21.8 Å². The van der Waals surface area contributed by atoms with Gasteiger partial charge >= 0.3 is 0 Å². The van der Waals surface area contributed by atoms with E-state index in [1.54, 1.807) is 6.07 Å². The van der Waals surface area contributed by atoms with Gasteiger partial charge in [-0.3, -0.25) is 24.3 Å². The molecule has 5 rings (SSSR count). The number of halogens is 1. The van der Waals surface area contributed by atoms with Crippen molar-refractivity contribution in [1.29, 1.82) is 0 Å². The molecule has 5 aromatic rings. The highest BCUT2D eigenvalue weighted by Gasteiger charge is 2.23. The van der Waals surface area contributed by atoms with Gasteiger partial charge in [0.2, 0.25) is 5.91 Å². The second-order valence-electron chi connectivity index (χ2n) is 11.7. The molecular formula is C35H38ClN5O5S. The van der Waals surface area contributed by atoms with Crippen LogP contribution in [-0.2, 0) is 35.8 Å². The number of aromatic nitrogens is 3. The van der Waals surface area contributed by atoms with E-state index in [0.29, 0.717) is 13.2 Å². The summed E-state index contributed by atoms with van der Waals surface area (Å²) < 4.78 is 25.5. The monoisotopic (exact) mass is 675 g/mol. The van der Waals surface area contributed by atoms with Crippen molar-refractivity contribution in [2.45, 2.75) is 65.3 Å². The summed E-state index contributed by atoms with van der Waals surface area (Å²) in [6.45, 7) is 10.9. The van der Waals surface area contributed by atoms with E-state index in [1.807, 2.05) is 51.6 Å². The van der Waals surface area contributed by atoms with E-state index in [9.17, 15) is 19.1 Å². The van der Waals surface area contributed by atoms with Gasteiger partial charge in [-0.1, -0.05) is 41.9 Å². The van der Waals surface area contributed by atoms with Crippen LogP contribution in [0.2, 0.25) is 5.02 Å². The van der Waals surface area contributed by atoms with E-state index in [0.717, 1.165) is 79.4 Å². The summed E-state index contributed by atoms with van der Waals surface area (Å²) in [7, 11) is -0.153. The number of nitrogens with zero attached hydrogens (tertiary/aromatic N) is 4. The van der Waals surface area contributed by atoms with Gasteiger partial charge in [0, 0.05) is 59.0 Å². The zero-order valence-corrected chi connectivity index (χ0v) is 28.9. The molecule has 0 fully saturated rings. The first-order valence-electron chi connectivity index (χ1n) is 15.3. The van der Waals surface area contributed by atoms with E-state index in [2.05, 4.69) is 39.5 Å². The predicted octanol–water partition coefficient (Wildman–Crippen LogP) is 7.39. The smallest absolute Gasteiger partial charge is 0.287 e. The highest BCUT2D eigenvalue weighted by atomic mass is 35.5. The Hall–Kier alpha value is -4.48. The standard InChI is InChI=1S/C35H38ClN5O5S/c1-21-19-26(20-22(2)34(21)36)46-18-10-13-27-24(4)40(17-16-32(42)38-47(45)31-15-8-7-14-30(31)41(43)44)35-28(27)11-9-12-29(35)33-23(3)37-39(6)25(33)5/h7-9,11-12,14-15,19-20H,10,13,16-18H2,1-6H3,(H,38,42). The average molecular weight is 676 g/mol. The molecule has 0 aliphatic rings. The molecule has 0 aliphatic heterocycles. The molecule has 0 spiro atoms. The molecule has 0 bridgehead atoms. The normalized spacial score (nSPS) is 12.0. The Labute approximate surface area is 281 Å². The number of para-hydroxylation sites is 2. The first-order valence-corrected chi connectivity index (χ1v) is 16.9.